The van der Waals surface area contributed by atoms with E-state index in [-0.39, 0.29) is 0 Å². The fourth-order valence-electron chi connectivity index (χ4n) is 1.25. The maximum Gasteiger partial charge on any atom is 0.368 e. The van der Waals surface area contributed by atoms with Gasteiger partial charge in [-0.1, -0.05) is 18.2 Å². The second-order valence-corrected chi connectivity index (χ2v) is 3.08. The molecule has 2 aromatic rings. The van der Waals surface area contributed by atoms with Crippen molar-refractivity contribution < 1.29 is 8.78 Å². The van der Waals surface area contributed by atoms with Gasteiger partial charge in [0.1, 0.15) is 6.54 Å². The van der Waals surface area contributed by atoms with Gasteiger partial charge >= 0.3 is 5.69 Å². The van der Waals surface area contributed by atoms with E-state index in [1.54, 1.807) is 30.3 Å². The molecule has 2 rings (SSSR count). The Balaban J connectivity index is 2.38. The topological polar surface area (TPSA) is 52.7 Å². The molecule has 7 heteroatoms. The lowest BCUT2D eigenvalue weighted by molar-refractivity contribution is 0.119. The van der Waals surface area contributed by atoms with Gasteiger partial charge in [-0.3, -0.25) is 0 Å². The molecule has 84 valence electrons. The molecule has 1 aromatic heterocycles. The largest absolute Gasteiger partial charge is 0.368 e. The SMILES string of the molecule is O=c1n(CC(F)F)nnn1-c1ccccc1. The molecule has 0 aliphatic carbocycles. The minimum Gasteiger partial charge on any atom is -0.244 e. The maximum absolute atomic E-state index is 12.1. The average molecular weight is 226 g/mol. The molecule has 0 saturated carbocycles. The normalized spacial score (nSPS) is 10.9. The Morgan fingerprint density at radius 2 is 1.88 bits per heavy atom. The summed E-state index contributed by atoms with van der Waals surface area (Å²) in [7, 11) is 0. The standard InChI is InChI=1S/C9H8F2N4O/c10-8(11)6-14-9(16)15(13-12-14)7-4-2-1-3-5-7/h1-5,8H,6H2. The number of alkyl halides is 2. The van der Waals surface area contributed by atoms with Crippen LogP contribution in [-0.4, -0.2) is 26.2 Å². The lowest BCUT2D eigenvalue weighted by Gasteiger charge is -1.97. The molecule has 0 fully saturated rings. The van der Waals surface area contributed by atoms with Crippen LogP contribution < -0.4 is 5.69 Å². The first-order chi connectivity index (χ1) is 7.68. The van der Waals surface area contributed by atoms with Gasteiger partial charge in [-0.15, -0.1) is 0 Å². The Morgan fingerprint density at radius 1 is 1.19 bits per heavy atom. The van der Waals surface area contributed by atoms with E-state index in [1.165, 1.54) is 0 Å². The van der Waals surface area contributed by atoms with E-state index in [0.717, 1.165) is 4.68 Å². The molecule has 0 bridgehead atoms. The highest BCUT2D eigenvalue weighted by Crippen LogP contribution is 2.01. The zero-order valence-corrected chi connectivity index (χ0v) is 8.12. The van der Waals surface area contributed by atoms with Crippen LogP contribution in [0, 0.1) is 0 Å². The third kappa shape index (κ3) is 1.97. The first kappa shape index (κ1) is 10.5. The van der Waals surface area contributed by atoms with Gasteiger partial charge in [0.25, 0.3) is 6.43 Å². The molecule has 0 radical (unpaired) electrons. The first-order valence-corrected chi connectivity index (χ1v) is 4.55. The molecular weight excluding hydrogens is 218 g/mol. The second kappa shape index (κ2) is 4.21. The van der Waals surface area contributed by atoms with Crippen molar-refractivity contribution in [3.8, 4) is 5.69 Å². The molecule has 0 spiro atoms. The Bertz CT molecular complexity index is 520. The summed E-state index contributed by atoms with van der Waals surface area (Å²) in [5.74, 6) is 0. The third-order valence-corrected chi connectivity index (χ3v) is 1.95. The molecule has 0 unspecified atom stereocenters. The number of rotatable bonds is 3. The van der Waals surface area contributed by atoms with Crippen molar-refractivity contribution in [3.05, 3.63) is 40.8 Å². The van der Waals surface area contributed by atoms with Gasteiger partial charge in [0.15, 0.2) is 0 Å². The number of hydrogen-bond acceptors (Lipinski definition) is 3. The summed E-state index contributed by atoms with van der Waals surface area (Å²) in [4.78, 5) is 11.6. The predicted octanol–water partition coefficient (Wildman–Crippen LogP) is 0.694. The lowest BCUT2D eigenvalue weighted by atomic mass is 10.3. The van der Waals surface area contributed by atoms with Gasteiger partial charge in [0.2, 0.25) is 0 Å². The van der Waals surface area contributed by atoms with Crippen molar-refractivity contribution in [3.63, 3.8) is 0 Å². The van der Waals surface area contributed by atoms with E-state index >= 15 is 0 Å². The van der Waals surface area contributed by atoms with Gasteiger partial charge < -0.3 is 0 Å². The minimum absolute atomic E-state index is 0.494. The van der Waals surface area contributed by atoms with E-state index in [4.69, 9.17) is 0 Å². The number of hydrogen-bond donors (Lipinski definition) is 0. The molecule has 0 N–H and O–H groups in total. The quantitative estimate of drug-likeness (QED) is 0.773. The Hall–Kier alpha value is -2.05. The summed E-state index contributed by atoms with van der Waals surface area (Å²) in [6, 6.07) is 8.49. The maximum atomic E-state index is 12.1. The zero-order chi connectivity index (χ0) is 11.5. The summed E-state index contributed by atoms with van der Waals surface area (Å²) in [5, 5.41) is 6.89. The molecule has 0 saturated heterocycles. The average Bonchev–Trinajstić information content (AvgIpc) is 2.61. The van der Waals surface area contributed by atoms with E-state index in [0.29, 0.717) is 10.4 Å². The molecule has 0 aliphatic heterocycles. The van der Waals surface area contributed by atoms with Crippen LogP contribution in [0.25, 0.3) is 5.69 Å². The number of tetrazole rings is 1. The number of benzene rings is 1. The Labute approximate surface area is 88.9 Å². The van der Waals surface area contributed by atoms with E-state index in [2.05, 4.69) is 10.4 Å². The molecular formula is C9H8F2N4O. The number of halogens is 2. The van der Waals surface area contributed by atoms with Crippen LogP contribution in [0.3, 0.4) is 0 Å². The van der Waals surface area contributed by atoms with Crippen molar-refractivity contribution in [2.75, 3.05) is 0 Å². The Kier molecular flexibility index (Phi) is 2.76. The molecule has 1 aromatic carbocycles. The van der Waals surface area contributed by atoms with Crippen molar-refractivity contribution >= 4 is 0 Å². The van der Waals surface area contributed by atoms with Crippen molar-refractivity contribution in [1.29, 1.82) is 0 Å². The van der Waals surface area contributed by atoms with Gasteiger partial charge in [-0.25, -0.2) is 13.6 Å². The smallest absolute Gasteiger partial charge is 0.244 e. The van der Waals surface area contributed by atoms with Gasteiger partial charge in [-0.2, -0.15) is 9.36 Å². The van der Waals surface area contributed by atoms with Gasteiger partial charge in [0.05, 0.1) is 5.69 Å². The second-order valence-electron chi connectivity index (χ2n) is 3.08. The monoisotopic (exact) mass is 226 g/mol. The summed E-state index contributed by atoms with van der Waals surface area (Å²) in [6.45, 7) is -0.744. The van der Waals surface area contributed by atoms with Crippen molar-refractivity contribution in [2.24, 2.45) is 0 Å². The molecule has 5 nitrogen and oxygen atoms in total. The van der Waals surface area contributed by atoms with Crippen LogP contribution in [0.4, 0.5) is 8.78 Å². The van der Waals surface area contributed by atoms with Crippen LogP contribution in [0.5, 0.6) is 0 Å². The highest BCUT2D eigenvalue weighted by Gasteiger charge is 2.12. The van der Waals surface area contributed by atoms with E-state index < -0.39 is 18.7 Å². The summed E-state index contributed by atoms with van der Waals surface area (Å²) < 4.78 is 25.8. The highest BCUT2D eigenvalue weighted by molar-refractivity contribution is 5.28. The number of para-hydroxylation sites is 1. The minimum atomic E-state index is -2.63. The highest BCUT2D eigenvalue weighted by atomic mass is 19.3. The molecule has 0 amide bonds. The predicted molar refractivity (Wildman–Crippen MR) is 51.6 cm³/mol. The number of nitrogens with zero attached hydrogens (tertiary/aromatic N) is 4. The Morgan fingerprint density at radius 3 is 2.50 bits per heavy atom. The molecule has 0 aliphatic rings. The first-order valence-electron chi connectivity index (χ1n) is 4.55. The molecule has 16 heavy (non-hydrogen) atoms. The van der Waals surface area contributed by atoms with Crippen LogP contribution in [0.1, 0.15) is 0 Å². The number of aromatic nitrogens is 4. The summed E-state index contributed by atoms with van der Waals surface area (Å²) >= 11 is 0. The third-order valence-electron chi connectivity index (χ3n) is 1.95. The fourth-order valence-corrected chi connectivity index (χ4v) is 1.25. The zero-order valence-electron chi connectivity index (χ0n) is 8.12. The van der Waals surface area contributed by atoms with Gasteiger partial charge in [-0.05, 0) is 22.6 Å². The van der Waals surface area contributed by atoms with E-state index in [1.807, 2.05) is 0 Å². The molecule has 1 heterocycles. The molecule has 0 atom stereocenters. The van der Waals surface area contributed by atoms with Crippen LogP contribution in [0.2, 0.25) is 0 Å². The van der Waals surface area contributed by atoms with Crippen LogP contribution in [0.15, 0.2) is 35.1 Å². The summed E-state index contributed by atoms with van der Waals surface area (Å²) in [6.07, 6.45) is -2.63. The van der Waals surface area contributed by atoms with Crippen molar-refractivity contribution in [2.45, 2.75) is 13.0 Å². The van der Waals surface area contributed by atoms with Crippen molar-refractivity contribution in [1.82, 2.24) is 19.8 Å². The van der Waals surface area contributed by atoms with Gasteiger partial charge in [0, 0.05) is 0 Å². The van der Waals surface area contributed by atoms with Crippen LogP contribution in [-0.2, 0) is 6.54 Å². The lowest BCUT2D eigenvalue weighted by Crippen LogP contribution is -2.26. The fraction of sp³-hybridized carbons (Fsp3) is 0.222. The summed E-state index contributed by atoms with van der Waals surface area (Å²) in [5.41, 5.74) is -0.181. The van der Waals surface area contributed by atoms with E-state index in [9.17, 15) is 13.6 Å². The van der Waals surface area contributed by atoms with Crippen LogP contribution >= 0.6 is 0 Å².